The van der Waals surface area contributed by atoms with Gasteiger partial charge in [0.1, 0.15) is 11.3 Å². The first-order chi connectivity index (χ1) is 12.4. The Kier molecular flexibility index (Phi) is 5.05. The number of benzene rings is 1. The number of aryl methyl sites for hydroxylation is 3. The van der Waals surface area contributed by atoms with Crippen molar-refractivity contribution in [2.24, 2.45) is 0 Å². The van der Waals surface area contributed by atoms with Crippen molar-refractivity contribution in [1.82, 2.24) is 10.6 Å². The number of rotatable bonds is 3. The van der Waals surface area contributed by atoms with Gasteiger partial charge in [-0.2, -0.15) is 0 Å². The molecule has 0 atom stereocenters. The highest BCUT2D eigenvalue weighted by Gasteiger charge is 2.49. The lowest BCUT2D eigenvalue weighted by atomic mass is 9.86. The fraction of sp³-hybridized carbons (Fsp3) is 0.500. The van der Waals surface area contributed by atoms with Crippen molar-refractivity contribution in [3.05, 3.63) is 40.1 Å². The predicted octanol–water partition coefficient (Wildman–Crippen LogP) is 2.75. The Bertz CT molecular complexity index is 753. The second-order valence-corrected chi connectivity index (χ2v) is 7.05. The molecule has 6 heteroatoms. The van der Waals surface area contributed by atoms with Gasteiger partial charge in [0.2, 0.25) is 0 Å². The van der Waals surface area contributed by atoms with E-state index in [0.717, 1.165) is 22.3 Å². The first-order valence-electron chi connectivity index (χ1n) is 9.07. The summed E-state index contributed by atoms with van der Waals surface area (Å²) in [6.07, 6.45) is 0.631. The van der Waals surface area contributed by atoms with Crippen LogP contribution in [0.4, 0.5) is 4.79 Å². The van der Waals surface area contributed by atoms with E-state index in [-0.39, 0.29) is 5.91 Å². The van der Waals surface area contributed by atoms with Gasteiger partial charge < -0.3 is 20.1 Å². The number of nitrogens with one attached hydrogen (secondary N) is 2. The monoisotopic (exact) mass is 358 g/mol. The highest BCUT2D eigenvalue weighted by molar-refractivity contribution is 6.24. The van der Waals surface area contributed by atoms with Crippen LogP contribution in [0, 0.1) is 20.8 Å². The van der Waals surface area contributed by atoms with E-state index in [0.29, 0.717) is 43.9 Å². The quantitative estimate of drug-likeness (QED) is 0.871. The Morgan fingerprint density at radius 1 is 1.23 bits per heavy atom. The van der Waals surface area contributed by atoms with Gasteiger partial charge in [0.05, 0.1) is 5.57 Å². The van der Waals surface area contributed by atoms with Crippen molar-refractivity contribution < 1.29 is 19.1 Å². The molecule has 0 saturated carbocycles. The number of carbonyl (C=O) groups excluding carboxylic acids is 2. The molecule has 3 rings (SSSR count). The number of hydrogen-bond donors (Lipinski definition) is 2. The van der Waals surface area contributed by atoms with E-state index in [1.54, 1.807) is 0 Å². The SMILES string of the molecule is CCNC(=O)OC1=C(c2c(C)cc(C)cc2C)C(=O)NC12CCOCC2. The minimum Gasteiger partial charge on any atom is -0.411 e. The van der Waals surface area contributed by atoms with Crippen LogP contribution in [0.25, 0.3) is 5.57 Å². The second-order valence-electron chi connectivity index (χ2n) is 7.05. The highest BCUT2D eigenvalue weighted by atomic mass is 16.6. The Labute approximate surface area is 153 Å². The van der Waals surface area contributed by atoms with E-state index >= 15 is 0 Å². The summed E-state index contributed by atoms with van der Waals surface area (Å²) in [6, 6.07) is 4.09. The summed E-state index contributed by atoms with van der Waals surface area (Å²) < 4.78 is 11.2. The van der Waals surface area contributed by atoms with Crippen molar-refractivity contribution >= 4 is 17.6 Å². The minimum atomic E-state index is -0.681. The first kappa shape index (κ1) is 18.5. The summed E-state index contributed by atoms with van der Waals surface area (Å²) in [6.45, 7) is 9.31. The third kappa shape index (κ3) is 3.21. The van der Waals surface area contributed by atoms with E-state index < -0.39 is 11.6 Å². The molecule has 2 amide bonds. The van der Waals surface area contributed by atoms with E-state index in [1.807, 2.05) is 39.8 Å². The Hall–Kier alpha value is -2.34. The standard InChI is InChI=1S/C20H26N2O4/c1-5-21-19(24)26-17-16(15-13(3)10-12(2)11-14(15)4)18(23)22-20(17)6-8-25-9-7-20/h10-11H,5-9H2,1-4H3,(H,21,24)(H,22,23). The van der Waals surface area contributed by atoms with Crippen LogP contribution in [0.2, 0.25) is 0 Å². The van der Waals surface area contributed by atoms with E-state index in [4.69, 9.17) is 9.47 Å². The normalized spacial score (nSPS) is 18.8. The van der Waals surface area contributed by atoms with Crippen molar-refractivity contribution in [3.63, 3.8) is 0 Å². The molecule has 1 fully saturated rings. The zero-order valence-corrected chi connectivity index (χ0v) is 15.8. The van der Waals surface area contributed by atoms with E-state index in [1.165, 1.54) is 0 Å². The van der Waals surface area contributed by atoms with Gasteiger partial charge in [-0.15, -0.1) is 0 Å². The molecule has 2 aliphatic heterocycles. The maximum absolute atomic E-state index is 13.0. The third-order valence-electron chi connectivity index (χ3n) is 5.03. The smallest absolute Gasteiger partial charge is 0.411 e. The number of alkyl carbamates (subject to hydrolysis) is 1. The lowest BCUT2D eigenvalue weighted by Crippen LogP contribution is -2.49. The van der Waals surface area contributed by atoms with Gasteiger partial charge in [-0.3, -0.25) is 4.79 Å². The molecule has 2 aliphatic rings. The van der Waals surface area contributed by atoms with Crippen molar-refractivity contribution in [2.75, 3.05) is 19.8 Å². The molecule has 0 bridgehead atoms. The van der Waals surface area contributed by atoms with Gasteiger partial charge in [-0.05, 0) is 44.4 Å². The van der Waals surface area contributed by atoms with Crippen LogP contribution in [0.5, 0.6) is 0 Å². The van der Waals surface area contributed by atoms with Crippen LogP contribution in [0.1, 0.15) is 42.0 Å². The van der Waals surface area contributed by atoms with Crippen molar-refractivity contribution in [3.8, 4) is 0 Å². The van der Waals surface area contributed by atoms with E-state index in [9.17, 15) is 9.59 Å². The molecule has 0 aliphatic carbocycles. The van der Waals surface area contributed by atoms with E-state index in [2.05, 4.69) is 10.6 Å². The van der Waals surface area contributed by atoms with Crippen molar-refractivity contribution in [2.45, 2.75) is 46.1 Å². The molecule has 1 aromatic rings. The molecule has 6 nitrogen and oxygen atoms in total. The molecule has 0 unspecified atom stereocenters. The molecule has 140 valence electrons. The van der Waals surface area contributed by atoms with Gasteiger partial charge in [0.25, 0.3) is 5.91 Å². The molecule has 0 aromatic heterocycles. The molecular formula is C20H26N2O4. The van der Waals surface area contributed by atoms with Gasteiger partial charge >= 0.3 is 6.09 Å². The van der Waals surface area contributed by atoms with Crippen LogP contribution >= 0.6 is 0 Å². The lowest BCUT2D eigenvalue weighted by Gasteiger charge is -2.34. The number of amides is 2. The largest absolute Gasteiger partial charge is 0.412 e. The van der Waals surface area contributed by atoms with Gasteiger partial charge in [-0.25, -0.2) is 4.79 Å². The molecule has 0 radical (unpaired) electrons. The minimum absolute atomic E-state index is 0.193. The first-order valence-corrected chi connectivity index (χ1v) is 9.07. The van der Waals surface area contributed by atoms with Crippen LogP contribution in [-0.2, 0) is 14.3 Å². The highest BCUT2D eigenvalue weighted by Crippen LogP contribution is 2.42. The van der Waals surface area contributed by atoms with Gasteiger partial charge in [-0.1, -0.05) is 17.7 Å². The zero-order chi connectivity index (χ0) is 18.9. The predicted molar refractivity (Wildman–Crippen MR) is 98.7 cm³/mol. The Morgan fingerprint density at radius 2 is 1.85 bits per heavy atom. The maximum Gasteiger partial charge on any atom is 0.412 e. The molecule has 1 saturated heterocycles. The number of ether oxygens (including phenoxy) is 2. The fourth-order valence-electron chi connectivity index (χ4n) is 3.97. The molecular weight excluding hydrogens is 332 g/mol. The molecule has 26 heavy (non-hydrogen) atoms. The Balaban J connectivity index is 2.17. The number of carbonyl (C=O) groups is 2. The summed E-state index contributed by atoms with van der Waals surface area (Å²) in [5, 5.41) is 5.74. The van der Waals surface area contributed by atoms with Gasteiger partial charge in [0.15, 0.2) is 0 Å². The molecule has 2 N–H and O–H groups in total. The molecule has 2 heterocycles. The molecule has 1 spiro atoms. The summed E-state index contributed by atoms with van der Waals surface area (Å²) in [4.78, 5) is 25.2. The molecule has 1 aromatic carbocycles. The summed E-state index contributed by atoms with van der Waals surface area (Å²) in [5.41, 5.74) is 3.75. The van der Waals surface area contributed by atoms with Crippen LogP contribution < -0.4 is 10.6 Å². The lowest BCUT2D eigenvalue weighted by molar-refractivity contribution is -0.117. The second kappa shape index (κ2) is 7.11. The summed E-state index contributed by atoms with van der Waals surface area (Å²) >= 11 is 0. The maximum atomic E-state index is 13.0. The third-order valence-corrected chi connectivity index (χ3v) is 5.03. The average molecular weight is 358 g/mol. The summed E-state index contributed by atoms with van der Waals surface area (Å²) in [7, 11) is 0. The summed E-state index contributed by atoms with van der Waals surface area (Å²) in [5.74, 6) is 0.230. The number of hydrogen-bond acceptors (Lipinski definition) is 4. The van der Waals surface area contributed by atoms with Crippen LogP contribution in [-0.4, -0.2) is 37.3 Å². The fourth-order valence-corrected chi connectivity index (χ4v) is 3.97. The topological polar surface area (TPSA) is 76.7 Å². The van der Waals surface area contributed by atoms with Crippen LogP contribution in [0.3, 0.4) is 0 Å². The average Bonchev–Trinajstić information content (AvgIpc) is 2.80. The van der Waals surface area contributed by atoms with Crippen LogP contribution in [0.15, 0.2) is 17.9 Å². The van der Waals surface area contributed by atoms with Crippen molar-refractivity contribution in [1.29, 1.82) is 0 Å². The van der Waals surface area contributed by atoms with Gasteiger partial charge in [0, 0.05) is 32.6 Å². The zero-order valence-electron chi connectivity index (χ0n) is 15.8. The Morgan fingerprint density at radius 3 is 2.42 bits per heavy atom.